The number of rotatable bonds is 2. The minimum Gasteiger partial charge on any atom is -0.0597 e. The molecule has 0 nitrogen and oxygen atoms in total. The van der Waals surface area contributed by atoms with E-state index in [1.807, 2.05) is 0 Å². The molecule has 84 valence electrons. The van der Waals surface area contributed by atoms with Crippen molar-refractivity contribution in [2.45, 2.75) is 48.0 Å². The van der Waals surface area contributed by atoms with Crippen LogP contribution < -0.4 is 0 Å². The van der Waals surface area contributed by atoms with Crippen LogP contribution in [0.1, 0.15) is 45.7 Å². The number of aryl methyl sites for hydroxylation is 1. The fraction of sp³-hybridized carbons (Fsp3) is 0.600. The predicted molar refractivity (Wildman–Crippen MR) is 68.1 cm³/mol. The van der Waals surface area contributed by atoms with Crippen molar-refractivity contribution < 1.29 is 0 Å². The van der Waals surface area contributed by atoms with Crippen molar-refractivity contribution in [2.24, 2.45) is 10.8 Å². The molecule has 0 heterocycles. The summed E-state index contributed by atoms with van der Waals surface area (Å²) >= 11 is 0. The summed E-state index contributed by atoms with van der Waals surface area (Å²) in [6.07, 6.45) is 1.15. The quantitative estimate of drug-likeness (QED) is 0.660. The topological polar surface area (TPSA) is 0 Å². The summed E-state index contributed by atoms with van der Waals surface area (Å²) in [6, 6.07) is 8.91. The van der Waals surface area contributed by atoms with E-state index >= 15 is 0 Å². The van der Waals surface area contributed by atoms with Crippen molar-refractivity contribution in [2.75, 3.05) is 0 Å². The van der Waals surface area contributed by atoms with Gasteiger partial charge in [-0.25, -0.2) is 0 Å². The lowest BCUT2D eigenvalue weighted by Crippen LogP contribution is -2.31. The average Bonchev–Trinajstić information content (AvgIpc) is 2.06. The molecule has 0 aliphatic heterocycles. The van der Waals surface area contributed by atoms with Crippen molar-refractivity contribution in [3.8, 4) is 0 Å². The summed E-state index contributed by atoms with van der Waals surface area (Å²) in [5, 5.41) is 0. The lowest BCUT2D eigenvalue weighted by atomic mass is 9.66. The van der Waals surface area contributed by atoms with E-state index in [1.54, 1.807) is 0 Å². The van der Waals surface area contributed by atoms with Crippen molar-refractivity contribution >= 4 is 0 Å². The van der Waals surface area contributed by atoms with Crippen LogP contribution in [0.2, 0.25) is 0 Å². The van der Waals surface area contributed by atoms with Gasteiger partial charge in [-0.3, -0.25) is 0 Å². The van der Waals surface area contributed by atoms with Crippen LogP contribution in [0.3, 0.4) is 0 Å². The molecule has 0 unspecified atom stereocenters. The fourth-order valence-corrected chi connectivity index (χ4v) is 1.48. The third-order valence-corrected chi connectivity index (χ3v) is 3.80. The summed E-state index contributed by atoms with van der Waals surface area (Å²) < 4.78 is 0. The smallest absolute Gasteiger partial charge is 0.0222 e. The third kappa shape index (κ3) is 3.09. The first-order valence-corrected chi connectivity index (χ1v) is 5.78. The van der Waals surface area contributed by atoms with Crippen LogP contribution in [0.4, 0.5) is 0 Å². The van der Waals surface area contributed by atoms with Crippen LogP contribution in [0.25, 0.3) is 0 Å². The van der Waals surface area contributed by atoms with E-state index in [2.05, 4.69) is 65.8 Å². The van der Waals surface area contributed by atoms with Crippen molar-refractivity contribution in [3.63, 3.8) is 0 Å². The Morgan fingerprint density at radius 2 is 1.33 bits per heavy atom. The van der Waals surface area contributed by atoms with Gasteiger partial charge < -0.3 is 0 Å². The Bertz CT molecular complexity index is 309. The van der Waals surface area contributed by atoms with Gasteiger partial charge in [0.25, 0.3) is 0 Å². The Balaban J connectivity index is 2.82. The largest absolute Gasteiger partial charge is 0.0597 e. The van der Waals surface area contributed by atoms with Gasteiger partial charge in [0, 0.05) is 0 Å². The number of benzene rings is 1. The summed E-state index contributed by atoms with van der Waals surface area (Å²) in [5.41, 5.74) is 3.47. The zero-order chi connectivity index (χ0) is 11.7. The molecule has 0 bridgehead atoms. The minimum absolute atomic E-state index is 0.336. The summed E-state index contributed by atoms with van der Waals surface area (Å²) in [4.78, 5) is 0. The van der Waals surface area contributed by atoms with Crippen LogP contribution in [-0.2, 0) is 6.42 Å². The average molecular weight is 204 g/mol. The van der Waals surface area contributed by atoms with Gasteiger partial charge in [-0.15, -0.1) is 0 Å². The first-order chi connectivity index (χ1) is 6.72. The van der Waals surface area contributed by atoms with Gasteiger partial charge in [-0.05, 0) is 29.7 Å². The van der Waals surface area contributed by atoms with Crippen LogP contribution in [-0.4, -0.2) is 0 Å². The Morgan fingerprint density at radius 1 is 0.867 bits per heavy atom. The second kappa shape index (κ2) is 4.00. The molecule has 0 saturated carbocycles. The molecule has 1 rings (SSSR count). The third-order valence-electron chi connectivity index (χ3n) is 3.80. The molecule has 0 amide bonds. The second-order valence-electron chi connectivity index (χ2n) is 6.30. The molecule has 0 fully saturated rings. The summed E-state index contributed by atoms with van der Waals surface area (Å²) in [5.74, 6) is 0. The molecule has 0 radical (unpaired) electrons. The lowest BCUT2D eigenvalue weighted by molar-refractivity contribution is 0.132. The molecule has 0 atom stereocenters. The summed E-state index contributed by atoms with van der Waals surface area (Å²) in [6.45, 7) is 13.8. The van der Waals surface area contributed by atoms with E-state index in [1.165, 1.54) is 11.1 Å². The van der Waals surface area contributed by atoms with E-state index in [9.17, 15) is 0 Å². The lowest BCUT2D eigenvalue weighted by Gasteiger charge is -2.39. The van der Waals surface area contributed by atoms with Crippen molar-refractivity contribution in [3.05, 3.63) is 35.4 Å². The molecule has 0 aliphatic rings. The van der Waals surface area contributed by atoms with Crippen LogP contribution >= 0.6 is 0 Å². The SMILES string of the molecule is Cc1ccc(CC(C)(C)C(C)(C)C)cc1. The highest BCUT2D eigenvalue weighted by molar-refractivity contribution is 5.22. The van der Waals surface area contributed by atoms with Crippen molar-refractivity contribution in [1.82, 2.24) is 0 Å². The zero-order valence-electron chi connectivity index (χ0n) is 11.0. The minimum atomic E-state index is 0.336. The molecule has 15 heavy (non-hydrogen) atoms. The maximum Gasteiger partial charge on any atom is -0.0222 e. The molecule has 0 spiro atoms. The Kier molecular flexibility index (Phi) is 3.28. The highest BCUT2D eigenvalue weighted by Gasteiger charge is 2.32. The molecular weight excluding hydrogens is 180 g/mol. The van der Waals surface area contributed by atoms with Crippen LogP contribution in [0.15, 0.2) is 24.3 Å². The zero-order valence-corrected chi connectivity index (χ0v) is 11.0. The van der Waals surface area contributed by atoms with Gasteiger partial charge >= 0.3 is 0 Å². The molecule has 1 aromatic rings. The van der Waals surface area contributed by atoms with E-state index in [0.29, 0.717) is 10.8 Å². The highest BCUT2D eigenvalue weighted by atomic mass is 14.4. The molecule has 0 N–H and O–H groups in total. The highest BCUT2D eigenvalue weighted by Crippen LogP contribution is 2.40. The van der Waals surface area contributed by atoms with E-state index in [4.69, 9.17) is 0 Å². The molecular formula is C15H24. The van der Waals surface area contributed by atoms with Crippen LogP contribution in [0, 0.1) is 17.8 Å². The van der Waals surface area contributed by atoms with E-state index < -0.39 is 0 Å². The van der Waals surface area contributed by atoms with Gasteiger partial charge in [0.2, 0.25) is 0 Å². The van der Waals surface area contributed by atoms with Gasteiger partial charge in [-0.1, -0.05) is 64.4 Å². The van der Waals surface area contributed by atoms with Crippen LogP contribution in [0.5, 0.6) is 0 Å². The number of hydrogen-bond donors (Lipinski definition) is 0. The first-order valence-electron chi connectivity index (χ1n) is 5.78. The Morgan fingerprint density at radius 3 is 1.73 bits per heavy atom. The standard InChI is InChI=1S/C15H24/c1-12-7-9-13(10-8-12)11-15(5,6)14(2,3)4/h7-10H,11H2,1-6H3. The number of hydrogen-bond acceptors (Lipinski definition) is 0. The fourth-order valence-electron chi connectivity index (χ4n) is 1.48. The molecule has 1 aromatic carbocycles. The van der Waals surface area contributed by atoms with Gasteiger partial charge in [0.05, 0.1) is 0 Å². The molecule has 0 aromatic heterocycles. The van der Waals surface area contributed by atoms with E-state index in [0.717, 1.165) is 6.42 Å². The predicted octanol–water partition coefficient (Wildman–Crippen LogP) is 4.61. The summed E-state index contributed by atoms with van der Waals surface area (Å²) in [7, 11) is 0. The van der Waals surface area contributed by atoms with Gasteiger partial charge in [0.15, 0.2) is 0 Å². The van der Waals surface area contributed by atoms with E-state index in [-0.39, 0.29) is 0 Å². The van der Waals surface area contributed by atoms with Gasteiger partial charge in [0.1, 0.15) is 0 Å². The normalized spacial score (nSPS) is 12.9. The Labute approximate surface area is 94.7 Å². The Hall–Kier alpha value is -0.780. The maximum absolute atomic E-state index is 2.35. The monoisotopic (exact) mass is 204 g/mol. The van der Waals surface area contributed by atoms with Gasteiger partial charge in [-0.2, -0.15) is 0 Å². The molecule has 0 aliphatic carbocycles. The molecule has 0 heteroatoms. The maximum atomic E-state index is 2.35. The second-order valence-corrected chi connectivity index (χ2v) is 6.30. The molecule has 0 saturated heterocycles. The van der Waals surface area contributed by atoms with Crippen molar-refractivity contribution in [1.29, 1.82) is 0 Å². The first kappa shape index (κ1) is 12.3.